The Hall–Kier alpha value is -1.09. The fourth-order valence-electron chi connectivity index (χ4n) is 2.09. The lowest BCUT2D eigenvalue weighted by atomic mass is 10.1. The van der Waals surface area contributed by atoms with Crippen molar-refractivity contribution in [1.29, 1.82) is 0 Å². The van der Waals surface area contributed by atoms with E-state index in [4.69, 9.17) is 5.73 Å². The number of pyridine rings is 1. The van der Waals surface area contributed by atoms with E-state index in [1.165, 1.54) is 5.56 Å². The van der Waals surface area contributed by atoms with Crippen LogP contribution in [0.5, 0.6) is 0 Å². The molecule has 2 atom stereocenters. The number of nitrogens with zero attached hydrogens (tertiary/aromatic N) is 2. The minimum Gasteiger partial charge on any atom is -0.354 e. The Balaban J connectivity index is 3.01. The Morgan fingerprint density at radius 2 is 2.06 bits per heavy atom. The number of nitrogens with two attached hydrogens (primary N) is 1. The predicted octanol–water partition coefficient (Wildman–Crippen LogP) is 2.60. The van der Waals surface area contributed by atoms with Crippen molar-refractivity contribution in [3.8, 4) is 0 Å². The molecule has 0 aliphatic carbocycles. The summed E-state index contributed by atoms with van der Waals surface area (Å²) in [6, 6.07) is 4.82. The van der Waals surface area contributed by atoms with Gasteiger partial charge in [0.25, 0.3) is 0 Å². The zero-order valence-electron chi connectivity index (χ0n) is 11.5. The average Bonchev–Trinajstić information content (AvgIpc) is 2.31. The molecule has 0 aromatic carbocycles. The molecule has 2 N–H and O–H groups in total. The van der Waals surface area contributed by atoms with Gasteiger partial charge >= 0.3 is 0 Å². The van der Waals surface area contributed by atoms with Crippen LogP contribution in [0.15, 0.2) is 18.3 Å². The lowest BCUT2D eigenvalue weighted by molar-refractivity contribution is 0.616. The van der Waals surface area contributed by atoms with Gasteiger partial charge < -0.3 is 10.6 Å². The highest BCUT2D eigenvalue weighted by Crippen LogP contribution is 2.21. The van der Waals surface area contributed by atoms with Crippen molar-refractivity contribution < 1.29 is 0 Å². The van der Waals surface area contributed by atoms with Crippen LogP contribution in [-0.2, 0) is 6.42 Å². The van der Waals surface area contributed by atoms with E-state index in [0.29, 0.717) is 6.04 Å². The van der Waals surface area contributed by atoms with E-state index in [0.717, 1.165) is 25.2 Å². The first-order valence-corrected chi connectivity index (χ1v) is 6.56. The van der Waals surface area contributed by atoms with E-state index in [9.17, 15) is 0 Å². The summed E-state index contributed by atoms with van der Waals surface area (Å²) in [7, 11) is 0. The van der Waals surface area contributed by atoms with Gasteiger partial charge in [-0.1, -0.05) is 13.0 Å². The molecule has 0 saturated heterocycles. The summed E-state index contributed by atoms with van der Waals surface area (Å²) in [4.78, 5) is 6.90. The van der Waals surface area contributed by atoms with E-state index in [-0.39, 0.29) is 6.04 Å². The lowest BCUT2D eigenvalue weighted by Crippen LogP contribution is -2.34. The van der Waals surface area contributed by atoms with Crippen molar-refractivity contribution in [2.75, 3.05) is 11.4 Å². The molecule has 0 spiro atoms. The second-order valence-electron chi connectivity index (χ2n) is 4.71. The number of hydrogen-bond acceptors (Lipinski definition) is 3. The van der Waals surface area contributed by atoms with Crippen molar-refractivity contribution in [3.63, 3.8) is 0 Å². The molecule has 96 valence electrons. The quantitative estimate of drug-likeness (QED) is 0.824. The van der Waals surface area contributed by atoms with Gasteiger partial charge in [-0.05, 0) is 45.2 Å². The molecule has 0 bridgehead atoms. The molecule has 1 aromatic rings. The van der Waals surface area contributed by atoms with E-state index < -0.39 is 0 Å². The molecule has 0 saturated carbocycles. The fraction of sp³-hybridized carbons (Fsp3) is 0.643. The maximum Gasteiger partial charge on any atom is 0.131 e. The van der Waals surface area contributed by atoms with Gasteiger partial charge in [0.2, 0.25) is 0 Å². The van der Waals surface area contributed by atoms with Crippen LogP contribution in [-0.4, -0.2) is 23.6 Å². The molecular formula is C14H25N3. The van der Waals surface area contributed by atoms with Gasteiger partial charge in [-0.15, -0.1) is 0 Å². The van der Waals surface area contributed by atoms with E-state index in [1.807, 2.05) is 19.2 Å². The third-order valence-electron chi connectivity index (χ3n) is 3.15. The standard InChI is InChI=1S/C14H25N3/c1-5-12(4)17(6-2)14-13(10-11(3)15)8-7-9-16-14/h7-9,11-12H,5-6,10,15H2,1-4H3. The summed E-state index contributed by atoms with van der Waals surface area (Å²) < 4.78 is 0. The zero-order chi connectivity index (χ0) is 12.8. The number of hydrogen-bond donors (Lipinski definition) is 1. The van der Waals surface area contributed by atoms with Crippen LogP contribution in [0, 0.1) is 0 Å². The van der Waals surface area contributed by atoms with Crippen molar-refractivity contribution in [3.05, 3.63) is 23.9 Å². The van der Waals surface area contributed by atoms with Crippen LogP contribution in [0.25, 0.3) is 0 Å². The average molecular weight is 235 g/mol. The number of rotatable bonds is 6. The Labute approximate surface area is 105 Å². The van der Waals surface area contributed by atoms with Crippen LogP contribution in [0.3, 0.4) is 0 Å². The van der Waals surface area contributed by atoms with E-state index >= 15 is 0 Å². The molecule has 1 aromatic heterocycles. The predicted molar refractivity (Wildman–Crippen MR) is 74.4 cm³/mol. The highest BCUT2D eigenvalue weighted by atomic mass is 15.2. The third kappa shape index (κ3) is 3.70. The summed E-state index contributed by atoms with van der Waals surface area (Å²) in [5.41, 5.74) is 7.15. The highest BCUT2D eigenvalue weighted by molar-refractivity contribution is 5.47. The molecule has 0 amide bonds. The van der Waals surface area contributed by atoms with Crippen LogP contribution in [0.4, 0.5) is 5.82 Å². The smallest absolute Gasteiger partial charge is 0.131 e. The van der Waals surface area contributed by atoms with Gasteiger partial charge in [0.05, 0.1) is 0 Å². The molecule has 3 heteroatoms. The van der Waals surface area contributed by atoms with E-state index in [2.05, 4.69) is 36.7 Å². The Morgan fingerprint density at radius 3 is 2.59 bits per heavy atom. The van der Waals surface area contributed by atoms with Crippen molar-refractivity contribution in [2.45, 2.75) is 52.6 Å². The second kappa shape index (κ2) is 6.60. The van der Waals surface area contributed by atoms with Gasteiger partial charge in [0.15, 0.2) is 0 Å². The Morgan fingerprint density at radius 1 is 1.35 bits per heavy atom. The number of anilines is 1. The third-order valence-corrected chi connectivity index (χ3v) is 3.15. The monoisotopic (exact) mass is 235 g/mol. The normalized spacial score (nSPS) is 14.4. The summed E-state index contributed by atoms with van der Waals surface area (Å²) >= 11 is 0. The molecule has 0 aliphatic rings. The topological polar surface area (TPSA) is 42.2 Å². The van der Waals surface area contributed by atoms with Crippen LogP contribution in [0.2, 0.25) is 0 Å². The highest BCUT2D eigenvalue weighted by Gasteiger charge is 2.16. The molecule has 2 unspecified atom stereocenters. The molecular weight excluding hydrogens is 210 g/mol. The first-order chi connectivity index (χ1) is 8.10. The van der Waals surface area contributed by atoms with Gasteiger partial charge in [-0.2, -0.15) is 0 Å². The maximum atomic E-state index is 5.90. The molecule has 1 heterocycles. The molecule has 3 nitrogen and oxygen atoms in total. The minimum atomic E-state index is 0.175. The van der Waals surface area contributed by atoms with E-state index in [1.54, 1.807) is 0 Å². The Bertz CT molecular complexity index is 336. The zero-order valence-corrected chi connectivity index (χ0v) is 11.5. The van der Waals surface area contributed by atoms with Crippen molar-refractivity contribution in [2.24, 2.45) is 5.73 Å². The first-order valence-electron chi connectivity index (χ1n) is 6.56. The van der Waals surface area contributed by atoms with Gasteiger partial charge in [-0.3, -0.25) is 0 Å². The lowest BCUT2D eigenvalue weighted by Gasteiger charge is -2.30. The fourth-order valence-corrected chi connectivity index (χ4v) is 2.09. The number of aromatic nitrogens is 1. The largest absolute Gasteiger partial charge is 0.354 e. The summed E-state index contributed by atoms with van der Waals surface area (Å²) in [5.74, 6) is 1.10. The van der Waals surface area contributed by atoms with Crippen LogP contribution in [0.1, 0.15) is 39.7 Å². The van der Waals surface area contributed by atoms with Gasteiger partial charge in [-0.25, -0.2) is 4.98 Å². The van der Waals surface area contributed by atoms with Gasteiger partial charge in [0, 0.05) is 24.8 Å². The summed E-state index contributed by atoms with van der Waals surface area (Å²) in [5, 5.41) is 0. The molecule has 0 radical (unpaired) electrons. The minimum absolute atomic E-state index is 0.175. The SMILES string of the molecule is CCC(C)N(CC)c1ncccc1CC(C)N. The molecule has 0 fully saturated rings. The second-order valence-corrected chi connectivity index (χ2v) is 4.71. The van der Waals surface area contributed by atoms with Crippen molar-refractivity contribution >= 4 is 5.82 Å². The maximum absolute atomic E-state index is 5.90. The van der Waals surface area contributed by atoms with Crippen LogP contribution >= 0.6 is 0 Å². The molecule has 1 rings (SSSR count). The van der Waals surface area contributed by atoms with Crippen molar-refractivity contribution in [1.82, 2.24) is 4.98 Å². The molecule has 0 aliphatic heterocycles. The van der Waals surface area contributed by atoms with Crippen LogP contribution < -0.4 is 10.6 Å². The summed E-state index contributed by atoms with van der Waals surface area (Å²) in [6.45, 7) is 9.65. The first kappa shape index (κ1) is 14.0. The molecule has 17 heavy (non-hydrogen) atoms. The Kier molecular flexibility index (Phi) is 5.42. The van der Waals surface area contributed by atoms with Gasteiger partial charge in [0.1, 0.15) is 5.82 Å². The summed E-state index contributed by atoms with van der Waals surface area (Å²) in [6.07, 6.45) is 3.88.